The summed E-state index contributed by atoms with van der Waals surface area (Å²) in [5, 5.41) is 16.3. The van der Waals surface area contributed by atoms with Crippen LogP contribution in [-0.2, 0) is 40.6 Å². The quantitative estimate of drug-likeness (QED) is 0.544. The maximum absolute atomic E-state index is 13.1. The average Bonchev–Trinajstić information content (AvgIpc) is 3.43. The Balaban J connectivity index is 1.21. The Kier molecular flexibility index (Phi) is 7.03. The number of hydrogen-bond acceptors (Lipinski definition) is 6. The predicted molar refractivity (Wildman–Crippen MR) is 111 cm³/mol. The molecule has 5 unspecified atom stereocenters. The molecular weight excluding hydrogens is 441 g/mol. The van der Waals surface area contributed by atoms with Crippen molar-refractivity contribution in [3.05, 3.63) is 53.6 Å². The smallest absolute Gasteiger partial charge is 0.388 e. The van der Waals surface area contributed by atoms with Crippen LogP contribution in [0.3, 0.4) is 0 Å². The number of hydrogen-bond donors (Lipinski definition) is 3. The van der Waals surface area contributed by atoms with Crippen LogP contribution in [0.15, 0.2) is 36.7 Å². The molecule has 3 heterocycles. The molecule has 11 heteroatoms. The van der Waals surface area contributed by atoms with E-state index >= 15 is 0 Å². The normalized spacial score (nSPS) is 27.0. The van der Waals surface area contributed by atoms with E-state index < -0.39 is 30.1 Å². The van der Waals surface area contributed by atoms with E-state index in [-0.39, 0.29) is 43.2 Å². The molecule has 3 N–H and O–H groups in total. The van der Waals surface area contributed by atoms with E-state index in [9.17, 15) is 23.1 Å². The van der Waals surface area contributed by atoms with E-state index in [1.807, 2.05) is 11.6 Å². The van der Waals surface area contributed by atoms with E-state index in [0.29, 0.717) is 13.0 Å². The van der Waals surface area contributed by atoms with E-state index in [2.05, 4.69) is 15.6 Å². The number of aromatic nitrogens is 2. The van der Waals surface area contributed by atoms with Gasteiger partial charge in [-0.3, -0.25) is 4.79 Å². The van der Waals surface area contributed by atoms with Crippen LogP contribution in [-0.4, -0.2) is 57.6 Å². The lowest BCUT2D eigenvalue weighted by atomic mass is 10.1. The molecule has 0 saturated carbocycles. The van der Waals surface area contributed by atoms with Crippen LogP contribution < -0.4 is 10.6 Å². The molecule has 1 aromatic heterocycles. The highest BCUT2D eigenvalue weighted by molar-refractivity contribution is 5.76. The third-order valence-electron chi connectivity index (χ3n) is 6.04. The summed E-state index contributed by atoms with van der Waals surface area (Å²) in [5.74, 6) is 0.554. The number of halogens is 3. The van der Waals surface area contributed by atoms with E-state index in [1.165, 1.54) is 12.1 Å². The van der Waals surface area contributed by atoms with Crippen molar-refractivity contribution in [1.29, 1.82) is 0 Å². The van der Waals surface area contributed by atoms with Gasteiger partial charge in [-0.15, -0.1) is 0 Å². The van der Waals surface area contributed by atoms with Gasteiger partial charge in [0.15, 0.2) is 0 Å². The lowest BCUT2D eigenvalue weighted by Crippen LogP contribution is -2.39. The van der Waals surface area contributed by atoms with Gasteiger partial charge in [-0.05, 0) is 11.6 Å². The zero-order valence-corrected chi connectivity index (χ0v) is 18.1. The number of carbonyl (C=O) groups is 1. The van der Waals surface area contributed by atoms with E-state index in [4.69, 9.17) is 9.47 Å². The number of ether oxygens (including phenoxy) is 2. The standard InChI is InChI=1S/C22H27F3N4O4/c1-29-7-6-27-18(29)12-28-19(30)9-14-8-16-21(32-14)20(31)17(33-16)11-26-10-13-4-2-3-5-15(13)22(23,24)25/h2-7,14,16-17,20-21,26,31H,8-12H2,1H3,(H,28,30). The van der Waals surface area contributed by atoms with Gasteiger partial charge in [-0.25, -0.2) is 4.98 Å². The molecule has 33 heavy (non-hydrogen) atoms. The summed E-state index contributed by atoms with van der Waals surface area (Å²) >= 11 is 0. The van der Waals surface area contributed by atoms with Gasteiger partial charge in [0, 0.05) is 39.0 Å². The summed E-state index contributed by atoms with van der Waals surface area (Å²) < 4.78 is 52.9. The monoisotopic (exact) mass is 468 g/mol. The first-order chi connectivity index (χ1) is 15.7. The summed E-state index contributed by atoms with van der Waals surface area (Å²) in [7, 11) is 1.84. The van der Waals surface area contributed by atoms with Crippen LogP contribution in [0.4, 0.5) is 13.2 Å². The summed E-state index contributed by atoms with van der Waals surface area (Å²) in [5.41, 5.74) is -0.555. The van der Waals surface area contributed by atoms with Crippen LogP contribution in [0.1, 0.15) is 29.8 Å². The van der Waals surface area contributed by atoms with Crippen LogP contribution in [0.25, 0.3) is 0 Å². The number of nitrogens with zero attached hydrogens (tertiary/aromatic N) is 2. The van der Waals surface area contributed by atoms with Crippen molar-refractivity contribution in [2.75, 3.05) is 6.54 Å². The average molecular weight is 468 g/mol. The number of amides is 1. The van der Waals surface area contributed by atoms with Gasteiger partial charge in [0.2, 0.25) is 5.91 Å². The maximum Gasteiger partial charge on any atom is 0.416 e. The van der Waals surface area contributed by atoms with Crippen molar-refractivity contribution in [3.63, 3.8) is 0 Å². The number of fused-ring (bicyclic) bond motifs is 1. The Morgan fingerprint density at radius 3 is 2.76 bits per heavy atom. The molecule has 1 aromatic carbocycles. The molecule has 180 valence electrons. The minimum Gasteiger partial charge on any atom is -0.388 e. The molecule has 0 aliphatic carbocycles. The highest BCUT2D eigenvalue weighted by Gasteiger charge is 2.50. The van der Waals surface area contributed by atoms with Crippen molar-refractivity contribution < 1.29 is 32.5 Å². The predicted octanol–water partition coefficient (Wildman–Crippen LogP) is 1.52. The summed E-state index contributed by atoms with van der Waals surface area (Å²) in [6, 6.07) is 5.37. The largest absolute Gasteiger partial charge is 0.416 e. The molecule has 2 aliphatic heterocycles. The number of alkyl halides is 3. The van der Waals surface area contributed by atoms with E-state index in [1.54, 1.807) is 18.5 Å². The molecule has 8 nitrogen and oxygen atoms in total. The number of carbonyl (C=O) groups excluding carboxylic acids is 1. The number of imidazole rings is 1. The van der Waals surface area contributed by atoms with Crippen molar-refractivity contribution in [3.8, 4) is 0 Å². The zero-order chi connectivity index (χ0) is 23.6. The van der Waals surface area contributed by atoms with Crippen LogP contribution in [0.5, 0.6) is 0 Å². The third-order valence-corrected chi connectivity index (χ3v) is 6.04. The van der Waals surface area contributed by atoms with Crippen LogP contribution >= 0.6 is 0 Å². The number of aliphatic hydroxyl groups is 1. The number of rotatable bonds is 8. The van der Waals surface area contributed by atoms with Gasteiger partial charge < -0.3 is 29.8 Å². The van der Waals surface area contributed by atoms with Gasteiger partial charge in [0.25, 0.3) is 0 Å². The SMILES string of the molecule is Cn1ccnc1CNC(=O)CC1CC2OC(CNCc3ccccc3C(F)(F)F)C(O)C2O1. The van der Waals surface area contributed by atoms with Gasteiger partial charge in [0.1, 0.15) is 18.0 Å². The summed E-state index contributed by atoms with van der Waals surface area (Å²) in [6.07, 6.45) is -3.20. The molecule has 4 rings (SSSR count). The minimum atomic E-state index is -4.43. The fourth-order valence-electron chi connectivity index (χ4n) is 4.33. The van der Waals surface area contributed by atoms with Gasteiger partial charge >= 0.3 is 6.18 Å². The minimum absolute atomic E-state index is 0.00273. The fraction of sp³-hybridized carbons (Fsp3) is 0.545. The van der Waals surface area contributed by atoms with Crippen LogP contribution in [0, 0.1) is 0 Å². The first-order valence-corrected chi connectivity index (χ1v) is 10.8. The highest BCUT2D eigenvalue weighted by atomic mass is 19.4. The maximum atomic E-state index is 13.1. The molecule has 0 bridgehead atoms. The second-order valence-electron chi connectivity index (χ2n) is 8.38. The van der Waals surface area contributed by atoms with Gasteiger partial charge in [0.05, 0.1) is 36.8 Å². The molecule has 2 aliphatic rings. The highest BCUT2D eigenvalue weighted by Crippen LogP contribution is 2.35. The second-order valence-corrected chi connectivity index (χ2v) is 8.38. The van der Waals surface area contributed by atoms with Crippen LogP contribution in [0.2, 0.25) is 0 Å². The number of aliphatic hydroxyl groups excluding tert-OH is 1. The number of nitrogens with one attached hydrogen (secondary N) is 2. The third kappa shape index (κ3) is 5.55. The summed E-state index contributed by atoms with van der Waals surface area (Å²) in [6.45, 7) is 0.488. The van der Waals surface area contributed by atoms with E-state index in [0.717, 1.165) is 11.9 Å². The summed E-state index contributed by atoms with van der Waals surface area (Å²) in [4.78, 5) is 16.4. The molecule has 5 atom stereocenters. The first kappa shape index (κ1) is 23.7. The lowest BCUT2D eigenvalue weighted by Gasteiger charge is -2.20. The molecular formula is C22H27F3N4O4. The Morgan fingerprint density at radius 1 is 1.27 bits per heavy atom. The number of aryl methyl sites for hydroxylation is 1. The Bertz CT molecular complexity index is 967. The van der Waals surface area contributed by atoms with Crippen molar-refractivity contribution in [1.82, 2.24) is 20.2 Å². The van der Waals surface area contributed by atoms with Crippen molar-refractivity contribution >= 4 is 5.91 Å². The lowest BCUT2D eigenvalue weighted by molar-refractivity contribution is -0.138. The Labute approximate surface area is 189 Å². The molecule has 2 aromatic rings. The number of benzene rings is 1. The molecule has 1 amide bonds. The Morgan fingerprint density at radius 2 is 2.06 bits per heavy atom. The second kappa shape index (κ2) is 9.80. The van der Waals surface area contributed by atoms with Crippen molar-refractivity contribution in [2.24, 2.45) is 7.05 Å². The fourth-order valence-corrected chi connectivity index (χ4v) is 4.33. The molecule has 2 saturated heterocycles. The zero-order valence-electron chi connectivity index (χ0n) is 18.1. The molecule has 0 spiro atoms. The first-order valence-electron chi connectivity index (χ1n) is 10.8. The molecule has 2 fully saturated rings. The van der Waals surface area contributed by atoms with Gasteiger partial charge in [-0.2, -0.15) is 13.2 Å². The molecule has 0 radical (unpaired) electrons. The van der Waals surface area contributed by atoms with Crippen molar-refractivity contribution in [2.45, 2.75) is 62.6 Å². The topological polar surface area (TPSA) is 97.6 Å². The Hall–Kier alpha value is -2.47. The van der Waals surface area contributed by atoms with Gasteiger partial charge in [-0.1, -0.05) is 18.2 Å².